The molecule has 2 heterocycles. The number of carbonyl (C=O) groups is 1. The predicted octanol–water partition coefficient (Wildman–Crippen LogP) is 1.66. The molecule has 0 bridgehead atoms. The van der Waals surface area contributed by atoms with Crippen LogP contribution in [0.1, 0.15) is 39.5 Å². The van der Waals surface area contributed by atoms with E-state index in [0.29, 0.717) is 11.9 Å². The minimum Gasteiger partial charge on any atom is -0.343 e. The molecular formula is C16H31N3O. The smallest absolute Gasteiger partial charge is 0.222 e. The van der Waals surface area contributed by atoms with Crippen molar-refractivity contribution in [1.29, 1.82) is 0 Å². The molecule has 0 aromatic rings. The fraction of sp³-hybridized carbons (Fsp3) is 0.938. The van der Waals surface area contributed by atoms with Crippen LogP contribution in [-0.2, 0) is 4.79 Å². The number of hydrogen-bond acceptors (Lipinski definition) is 3. The van der Waals surface area contributed by atoms with E-state index < -0.39 is 0 Å². The summed E-state index contributed by atoms with van der Waals surface area (Å²) >= 11 is 0. The molecule has 4 nitrogen and oxygen atoms in total. The second-order valence-electron chi connectivity index (χ2n) is 6.68. The number of likely N-dealkylation sites (N-methyl/N-ethyl adjacent to an activating group) is 1. The van der Waals surface area contributed by atoms with E-state index in [-0.39, 0.29) is 0 Å². The van der Waals surface area contributed by atoms with Crippen molar-refractivity contribution < 1.29 is 4.79 Å². The van der Waals surface area contributed by atoms with E-state index in [2.05, 4.69) is 35.6 Å². The third-order valence-corrected chi connectivity index (χ3v) is 4.89. The van der Waals surface area contributed by atoms with Crippen LogP contribution in [0.5, 0.6) is 0 Å². The average molecular weight is 281 g/mol. The van der Waals surface area contributed by atoms with Crippen molar-refractivity contribution in [2.24, 2.45) is 5.92 Å². The van der Waals surface area contributed by atoms with E-state index in [1.165, 1.54) is 39.0 Å². The molecular weight excluding hydrogens is 250 g/mol. The molecule has 2 fully saturated rings. The normalized spacial score (nSPS) is 26.9. The van der Waals surface area contributed by atoms with Gasteiger partial charge in [-0.05, 0) is 39.2 Å². The van der Waals surface area contributed by atoms with Crippen molar-refractivity contribution in [3.63, 3.8) is 0 Å². The van der Waals surface area contributed by atoms with Crippen LogP contribution in [0.25, 0.3) is 0 Å². The molecule has 2 aliphatic heterocycles. The number of piperidine rings is 1. The first-order chi connectivity index (χ1) is 9.60. The van der Waals surface area contributed by atoms with E-state index >= 15 is 0 Å². The molecule has 2 rings (SSSR count). The summed E-state index contributed by atoms with van der Waals surface area (Å²) in [5.41, 5.74) is 0. The highest BCUT2D eigenvalue weighted by atomic mass is 16.2. The van der Waals surface area contributed by atoms with Crippen molar-refractivity contribution in [3.05, 3.63) is 0 Å². The molecule has 0 radical (unpaired) electrons. The van der Waals surface area contributed by atoms with Crippen LogP contribution in [0.2, 0.25) is 0 Å². The Labute approximate surface area is 124 Å². The quantitative estimate of drug-likeness (QED) is 0.784. The Morgan fingerprint density at radius 2 is 1.85 bits per heavy atom. The topological polar surface area (TPSA) is 26.8 Å². The third-order valence-electron chi connectivity index (χ3n) is 4.89. The van der Waals surface area contributed by atoms with Gasteiger partial charge in [-0.3, -0.25) is 9.69 Å². The molecule has 1 atom stereocenters. The van der Waals surface area contributed by atoms with Gasteiger partial charge < -0.3 is 9.80 Å². The van der Waals surface area contributed by atoms with Crippen molar-refractivity contribution in [2.75, 3.05) is 46.3 Å². The van der Waals surface area contributed by atoms with Crippen LogP contribution < -0.4 is 0 Å². The van der Waals surface area contributed by atoms with E-state index in [1.807, 2.05) is 0 Å². The summed E-state index contributed by atoms with van der Waals surface area (Å²) in [4.78, 5) is 19.0. The van der Waals surface area contributed by atoms with Crippen molar-refractivity contribution in [1.82, 2.24) is 14.7 Å². The monoisotopic (exact) mass is 281 g/mol. The Balaban J connectivity index is 1.73. The molecule has 2 aliphatic rings. The predicted molar refractivity (Wildman–Crippen MR) is 82.7 cm³/mol. The number of likely N-dealkylation sites (tertiary alicyclic amines) is 1. The highest BCUT2D eigenvalue weighted by Crippen LogP contribution is 2.21. The van der Waals surface area contributed by atoms with E-state index in [1.54, 1.807) is 0 Å². The van der Waals surface area contributed by atoms with Crippen LogP contribution in [-0.4, -0.2) is 73.0 Å². The molecule has 0 N–H and O–H groups in total. The zero-order valence-electron chi connectivity index (χ0n) is 13.5. The Morgan fingerprint density at radius 1 is 1.15 bits per heavy atom. The molecule has 4 heteroatoms. The van der Waals surface area contributed by atoms with Gasteiger partial charge in [-0.1, -0.05) is 6.92 Å². The molecule has 0 aliphatic carbocycles. The lowest BCUT2D eigenvalue weighted by molar-refractivity contribution is -0.132. The lowest BCUT2D eigenvalue weighted by Gasteiger charge is -2.41. The first-order valence-corrected chi connectivity index (χ1v) is 8.30. The summed E-state index contributed by atoms with van der Waals surface area (Å²) in [6.07, 6.45) is 4.07. The third kappa shape index (κ3) is 4.19. The van der Waals surface area contributed by atoms with E-state index in [9.17, 15) is 4.79 Å². The van der Waals surface area contributed by atoms with Crippen LogP contribution in [0, 0.1) is 5.92 Å². The summed E-state index contributed by atoms with van der Waals surface area (Å²) in [5.74, 6) is 1.14. The van der Waals surface area contributed by atoms with Gasteiger partial charge in [0.1, 0.15) is 0 Å². The number of carbonyl (C=O) groups excluding carboxylic acids is 1. The SMILES string of the molecule is CCCC(=O)N1CCC(CN2CCN(C)CC2C)CC1. The minimum absolute atomic E-state index is 0.360. The van der Waals surface area contributed by atoms with Gasteiger partial charge in [0.25, 0.3) is 0 Å². The van der Waals surface area contributed by atoms with Crippen molar-refractivity contribution in [3.8, 4) is 0 Å². The molecule has 2 saturated heterocycles. The maximum Gasteiger partial charge on any atom is 0.222 e. The van der Waals surface area contributed by atoms with Gasteiger partial charge in [0.2, 0.25) is 5.91 Å². The molecule has 0 aromatic heterocycles. The van der Waals surface area contributed by atoms with Gasteiger partial charge in [-0.15, -0.1) is 0 Å². The van der Waals surface area contributed by atoms with Gasteiger partial charge in [0.15, 0.2) is 0 Å². The second kappa shape index (κ2) is 7.41. The number of nitrogens with zero attached hydrogens (tertiary/aromatic N) is 3. The Morgan fingerprint density at radius 3 is 2.45 bits per heavy atom. The molecule has 20 heavy (non-hydrogen) atoms. The summed E-state index contributed by atoms with van der Waals surface area (Å²) in [5, 5.41) is 0. The summed E-state index contributed by atoms with van der Waals surface area (Å²) in [6, 6.07) is 0.675. The van der Waals surface area contributed by atoms with E-state index in [0.717, 1.165) is 31.8 Å². The van der Waals surface area contributed by atoms with Gasteiger partial charge in [0, 0.05) is 51.7 Å². The first kappa shape index (κ1) is 15.8. The maximum atomic E-state index is 11.9. The minimum atomic E-state index is 0.360. The van der Waals surface area contributed by atoms with Gasteiger partial charge in [-0.2, -0.15) is 0 Å². The molecule has 0 saturated carbocycles. The zero-order chi connectivity index (χ0) is 14.5. The molecule has 1 unspecified atom stereocenters. The molecule has 0 spiro atoms. The maximum absolute atomic E-state index is 11.9. The van der Waals surface area contributed by atoms with Crippen LogP contribution in [0.3, 0.4) is 0 Å². The summed E-state index contributed by atoms with van der Waals surface area (Å²) in [6.45, 7) is 11.2. The number of rotatable bonds is 4. The fourth-order valence-electron chi connectivity index (χ4n) is 3.52. The van der Waals surface area contributed by atoms with Gasteiger partial charge in [-0.25, -0.2) is 0 Å². The van der Waals surface area contributed by atoms with Crippen LogP contribution >= 0.6 is 0 Å². The first-order valence-electron chi connectivity index (χ1n) is 8.30. The van der Waals surface area contributed by atoms with Gasteiger partial charge >= 0.3 is 0 Å². The lowest BCUT2D eigenvalue weighted by atomic mass is 9.95. The summed E-state index contributed by atoms with van der Waals surface area (Å²) < 4.78 is 0. The number of amides is 1. The van der Waals surface area contributed by atoms with Crippen LogP contribution in [0.4, 0.5) is 0 Å². The second-order valence-corrected chi connectivity index (χ2v) is 6.68. The average Bonchev–Trinajstić information content (AvgIpc) is 2.43. The van der Waals surface area contributed by atoms with Crippen LogP contribution in [0.15, 0.2) is 0 Å². The lowest BCUT2D eigenvalue weighted by Crippen LogP contribution is -2.52. The fourth-order valence-corrected chi connectivity index (χ4v) is 3.52. The highest BCUT2D eigenvalue weighted by Gasteiger charge is 2.27. The standard InChI is InChI=1S/C16H31N3O/c1-4-5-16(20)18-8-6-15(7-9-18)13-19-11-10-17(3)12-14(19)2/h14-15H,4-13H2,1-3H3. The number of piperazine rings is 1. The largest absolute Gasteiger partial charge is 0.343 e. The summed E-state index contributed by atoms with van der Waals surface area (Å²) in [7, 11) is 2.21. The van der Waals surface area contributed by atoms with Crippen molar-refractivity contribution >= 4 is 5.91 Å². The highest BCUT2D eigenvalue weighted by molar-refractivity contribution is 5.76. The van der Waals surface area contributed by atoms with Gasteiger partial charge in [0.05, 0.1) is 0 Å². The number of hydrogen-bond donors (Lipinski definition) is 0. The van der Waals surface area contributed by atoms with E-state index in [4.69, 9.17) is 0 Å². The molecule has 116 valence electrons. The Kier molecular flexibility index (Phi) is 5.85. The molecule has 0 aromatic carbocycles. The Bertz CT molecular complexity index is 313. The van der Waals surface area contributed by atoms with Crippen molar-refractivity contribution in [2.45, 2.75) is 45.6 Å². The zero-order valence-corrected chi connectivity index (χ0v) is 13.5. The molecule has 1 amide bonds. The Hall–Kier alpha value is -0.610.